The predicted octanol–water partition coefficient (Wildman–Crippen LogP) is 3.30. The van der Waals surface area contributed by atoms with Gasteiger partial charge in [0.15, 0.2) is 21.3 Å². The van der Waals surface area contributed by atoms with Crippen molar-refractivity contribution in [1.29, 1.82) is 0 Å². The Morgan fingerprint density at radius 2 is 2.00 bits per heavy atom. The standard InChI is InChI=1S/C21H23N3O4S2/c1-23(2)16-7-5-15(6-8-16)13-24(17-9-11-30(26,27)14-17)21(25)18-12-19(28-22-18)20-4-3-10-29-20/h3-8,10,12,17H,9,11,13-14H2,1-2H3/t17-/m1/s1. The molecule has 1 amide bonds. The van der Waals surface area contributed by atoms with E-state index in [2.05, 4.69) is 5.16 Å². The highest BCUT2D eigenvalue weighted by Crippen LogP contribution is 2.27. The molecule has 1 fully saturated rings. The second kappa shape index (κ2) is 8.23. The lowest BCUT2D eigenvalue weighted by Crippen LogP contribution is -2.40. The lowest BCUT2D eigenvalue weighted by molar-refractivity contribution is 0.0670. The first-order valence-corrected chi connectivity index (χ1v) is 12.3. The zero-order valence-corrected chi connectivity index (χ0v) is 18.4. The van der Waals surface area contributed by atoms with Gasteiger partial charge in [-0.05, 0) is 35.6 Å². The van der Waals surface area contributed by atoms with E-state index in [1.54, 1.807) is 11.0 Å². The Hall–Kier alpha value is -2.65. The lowest BCUT2D eigenvalue weighted by Gasteiger charge is -2.27. The topological polar surface area (TPSA) is 83.7 Å². The number of sulfone groups is 1. The molecule has 0 N–H and O–H groups in total. The summed E-state index contributed by atoms with van der Waals surface area (Å²) in [6.07, 6.45) is 0.430. The van der Waals surface area contributed by atoms with Crippen molar-refractivity contribution in [1.82, 2.24) is 10.1 Å². The second-order valence-corrected chi connectivity index (χ2v) is 10.8. The Bertz CT molecular complexity index is 1120. The summed E-state index contributed by atoms with van der Waals surface area (Å²) in [7, 11) is 0.785. The second-order valence-electron chi connectivity index (χ2n) is 7.60. The summed E-state index contributed by atoms with van der Waals surface area (Å²) in [5.41, 5.74) is 2.17. The van der Waals surface area contributed by atoms with E-state index in [0.29, 0.717) is 18.7 Å². The van der Waals surface area contributed by atoms with E-state index in [-0.39, 0.29) is 29.1 Å². The Morgan fingerprint density at radius 1 is 1.23 bits per heavy atom. The van der Waals surface area contributed by atoms with Crippen molar-refractivity contribution in [2.24, 2.45) is 0 Å². The van der Waals surface area contributed by atoms with Gasteiger partial charge in [-0.25, -0.2) is 8.42 Å². The summed E-state index contributed by atoms with van der Waals surface area (Å²) < 4.78 is 29.5. The van der Waals surface area contributed by atoms with Crippen LogP contribution in [0.15, 0.2) is 52.4 Å². The van der Waals surface area contributed by atoms with Crippen LogP contribution in [0.3, 0.4) is 0 Å². The van der Waals surface area contributed by atoms with Gasteiger partial charge in [0.25, 0.3) is 5.91 Å². The van der Waals surface area contributed by atoms with Crippen molar-refractivity contribution < 1.29 is 17.7 Å². The van der Waals surface area contributed by atoms with Crippen LogP contribution in [0.25, 0.3) is 10.6 Å². The molecule has 0 unspecified atom stereocenters. The zero-order valence-electron chi connectivity index (χ0n) is 16.8. The fourth-order valence-corrected chi connectivity index (χ4v) is 5.95. The Morgan fingerprint density at radius 3 is 2.60 bits per heavy atom. The third kappa shape index (κ3) is 4.41. The zero-order chi connectivity index (χ0) is 21.3. The van der Waals surface area contributed by atoms with Crippen LogP contribution in [0.5, 0.6) is 0 Å². The molecule has 9 heteroatoms. The number of hydrogen-bond acceptors (Lipinski definition) is 7. The van der Waals surface area contributed by atoms with Crippen LogP contribution < -0.4 is 4.90 Å². The molecule has 0 bridgehead atoms. The van der Waals surface area contributed by atoms with Crippen LogP contribution in [0.4, 0.5) is 5.69 Å². The summed E-state index contributed by atoms with van der Waals surface area (Å²) in [6.45, 7) is 0.313. The average molecular weight is 446 g/mol. The molecule has 1 aromatic carbocycles. The lowest BCUT2D eigenvalue weighted by atomic mass is 10.1. The number of carbonyl (C=O) groups is 1. The summed E-state index contributed by atoms with van der Waals surface area (Å²) in [5.74, 6) is 0.285. The van der Waals surface area contributed by atoms with E-state index in [1.165, 1.54) is 11.3 Å². The van der Waals surface area contributed by atoms with Crippen molar-refractivity contribution in [2.45, 2.75) is 19.0 Å². The van der Waals surface area contributed by atoms with Gasteiger partial charge in [-0.2, -0.15) is 0 Å². The van der Waals surface area contributed by atoms with Gasteiger partial charge in [0.05, 0.1) is 16.4 Å². The summed E-state index contributed by atoms with van der Waals surface area (Å²) in [4.78, 5) is 17.8. The SMILES string of the molecule is CN(C)c1ccc(CN(C(=O)c2cc(-c3cccs3)on2)[C@@H]2CCS(=O)(=O)C2)cc1. The van der Waals surface area contributed by atoms with Crippen LogP contribution in [0, 0.1) is 0 Å². The predicted molar refractivity (Wildman–Crippen MR) is 118 cm³/mol. The summed E-state index contributed by atoms with van der Waals surface area (Å²) in [5, 5.41) is 5.89. The van der Waals surface area contributed by atoms with Gasteiger partial charge in [0.1, 0.15) is 0 Å². The first kappa shape index (κ1) is 20.6. The third-order valence-corrected chi connectivity index (χ3v) is 7.84. The number of anilines is 1. The quantitative estimate of drug-likeness (QED) is 0.579. The van der Waals surface area contributed by atoms with Crippen LogP contribution in [-0.2, 0) is 16.4 Å². The van der Waals surface area contributed by atoms with Crippen LogP contribution in [-0.4, -0.2) is 56.0 Å². The molecule has 0 aliphatic carbocycles. The number of thiophene rings is 1. The van der Waals surface area contributed by atoms with Crippen molar-refractivity contribution in [2.75, 3.05) is 30.5 Å². The van der Waals surface area contributed by atoms with E-state index >= 15 is 0 Å². The van der Waals surface area contributed by atoms with E-state index in [9.17, 15) is 13.2 Å². The highest BCUT2D eigenvalue weighted by atomic mass is 32.2. The maximum atomic E-state index is 13.3. The Balaban J connectivity index is 1.60. The first-order valence-electron chi connectivity index (χ1n) is 9.61. The van der Waals surface area contributed by atoms with E-state index in [4.69, 9.17) is 4.52 Å². The minimum atomic E-state index is -3.14. The summed E-state index contributed by atoms with van der Waals surface area (Å²) >= 11 is 1.50. The molecule has 2 aromatic heterocycles. The van der Waals surface area contributed by atoms with Crippen LogP contribution >= 0.6 is 11.3 Å². The maximum Gasteiger partial charge on any atom is 0.276 e. The molecule has 158 valence electrons. The number of nitrogens with zero attached hydrogens (tertiary/aromatic N) is 3. The number of rotatable bonds is 6. The summed E-state index contributed by atoms with van der Waals surface area (Å²) in [6, 6.07) is 12.9. The molecule has 4 rings (SSSR count). The molecule has 7 nitrogen and oxygen atoms in total. The van der Waals surface area contributed by atoms with Gasteiger partial charge in [-0.1, -0.05) is 23.4 Å². The minimum absolute atomic E-state index is 0.0237. The Labute approximate surface area is 179 Å². The van der Waals surface area contributed by atoms with Gasteiger partial charge in [-0.3, -0.25) is 4.79 Å². The molecule has 3 heterocycles. The molecule has 0 radical (unpaired) electrons. The highest BCUT2D eigenvalue weighted by Gasteiger charge is 2.36. The normalized spacial score (nSPS) is 17.7. The third-order valence-electron chi connectivity index (χ3n) is 5.21. The van der Waals surface area contributed by atoms with Gasteiger partial charge < -0.3 is 14.3 Å². The van der Waals surface area contributed by atoms with Gasteiger partial charge in [-0.15, -0.1) is 11.3 Å². The van der Waals surface area contributed by atoms with Crippen LogP contribution in [0.2, 0.25) is 0 Å². The highest BCUT2D eigenvalue weighted by molar-refractivity contribution is 7.91. The molecule has 30 heavy (non-hydrogen) atoms. The van der Waals surface area contributed by atoms with Crippen molar-refractivity contribution in [3.05, 3.63) is 59.1 Å². The maximum absolute atomic E-state index is 13.3. The fraction of sp³-hybridized carbons (Fsp3) is 0.333. The molecule has 0 saturated carbocycles. The number of amides is 1. The molecule has 1 aliphatic heterocycles. The number of carbonyl (C=O) groups excluding carboxylic acids is 1. The number of benzene rings is 1. The van der Waals surface area contributed by atoms with Gasteiger partial charge in [0, 0.05) is 38.4 Å². The molecule has 1 saturated heterocycles. The van der Waals surface area contributed by atoms with Gasteiger partial charge >= 0.3 is 0 Å². The molecule has 0 spiro atoms. The number of hydrogen-bond donors (Lipinski definition) is 0. The molecular weight excluding hydrogens is 422 g/mol. The fourth-order valence-electron chi connectivity index (χ4n) is 3.54. The smallest absolute Gasteiger partial charge is 0.276 e. The van der Waals surface area contributed by atoms with Crippen molar-refractivity contribution in [3.8, 4) is 10.6 Å². The number of aromatic nitrogens is 1. The first-order chi connectivity index (χ1) is 14.3. The van der Waals surface area contributed by atoms with Crippen molar-refractivity contribution in [3.63, 3.8) is 0 Å². The monoisotopic (exact) mass is 445 g/mol. The molecule has 3 aromatic rings. The average Bonchev–Trinajstić information content (AvgIpc) is 3.46. The molecular formula is C21H23N3O4S2. The van der Waals surface area contributed by atoms with Crippen molar-refractivity contribution >= 4 is 32.8 Å². The van der Waals surface area contributed by atoms with E-state index < -0.39 is 9.84 Å². The largest absolute Gasteiger partial charge is 0.378 e. The van der Waals surface area contributed by atoms with Crippen LogP contribution in [0.1, 0.15) is 22.5 Å². The molecule has 1 atom stereocenters. The molecule has 1 aliphatic rings. The van der Waals surface area contributed by atoms with E-state index in [1.807, 2.05) is 60.8 Å². The Kier molecular flexibility index (Phi) is 5.66. The minimum Gasteiger partial charge on any atom is -0.378 e. The van der Waals surface area contributed by atoms with Gasteiger partial charge in [0.2, 0.25) is 0 Å². The van der Waals surface area contributed by atoms with E-state index in [0.717, 1.165) is 16.1 Å².